The summed E-state index contributed by atoms with van der Waals surface area (Å²) in [5.41, 5.74) is 2.81. The molecule has 2 aromatic rings. The summed E-state index contributed by atoms with van der Waals surface area (Å²) in [6.07, 6.45) is -0.557. The molecule has 0 saturated carbocycles. The van der Waals surface area contributed by atoms with Gasteiger partial charge in [-0.2, -0.15) is 0 Å². The van der Waals surface area contributed by atoms with Crippen LogP contribution < -0.4 is 5.32 Å². The van der Waals surface area contributed by atoms with Crippen molar-refractivity contribution in [3.05, 3.63) is 33.4 Å². The first-order chi connectivity index (χ1) is 10.9. The number of aromatic amines is 1. The lowest BCUT2D eigenvalue weighted by Gasteiger charge is -2.34. The van der Waals surface area contributed by atoms with E-state index in [-0.39, 0.29) is 18.5 Å². The van der Waals surface area contributed by atoms with Crippen LogP contribution >= 0.6 is 23.2 Å². The van der Waals surface area contributed by atoms with E-state index in [2.05, 4.69) is 10.3 Å². The Morgan fingerprint density at radius 3 is 2.87 bits per heavy atom. The molecule has 6 nitrogen and oxygen atoms in total. The van der Waals surface area contributed by atoms with Crippen LogP contribution in [-0.2, 0) is 11.2 Å². The average Bonchev–Trinajstić information content (AvgIpc) is 2.89. The number of carbonyl (C=O) groups excluding carboxylic acids is 1. The second-order valence-corrected chi connectivity index (χ2v) is 6.26. The molecule has 0 spiro atoms. The fourth-order valence-electron chi connectivity index (χ4n) is 3.13. The van der Waals surface area contributed by atoms with Crippen molar-refractivity contribution in [1.29, 1.82) is 0 Å². The second kappa shape index (κ2) is 5.94. The molecule has 0 unspecified atom stereocenters. The number of benzene rings is 1. The van der Waals surface area contributed by atoms with E-state index in [4.69, 9.17) is 28.3 Å². The molecule has 0 saturated heterocycles. The lowest BCUT2D eigenvalue weighted by Crippen LogP contribution is -2.44. The lowest BCUT2D eigenvalue weighted by atomic mass is 9.97. The summed E-state index contributed by atoms with van der Waals surface area (Å²) in [6, 6.07) is 3.45. The van der Waals surface area contributed by atoms with Crippen LogP contribution in [0.2, 0.25) is 10.0 Å². The number of nitrogens with one attached hydrogen (secondary N) is 2. The van der Waals surface area contributed by atoms with Crippen LogP contribution in [0, 0.1) is 0 Å². The van der Waals surface area contributed by atoms with E-state index in [9.17, 15) is 9.59 Å². The minimum absolute atomic E-state index is 0.173. The molecule has 0 bridgehead atoms. The molecular weight excluding hydrogens is 341 g/mol. The first-order valence-electron chi connectivity index (χ1n) is 7.15. The molecule has 3 rings (SSSR count). The van der Waals surface area contributed by atoms with Crippen molar-refractivity contribution in [2.45, 2.75) is 19.4 Å². The van der Waals surface area contributed by atoms with Crippen LogP contribution in [0.25, 0.3) is 10.9 Å². The first-order valence-corrected chi connectivity index (χ1v) is 7.90. The van der Waals surface area contributed by atoms with Crippen LogP contribution in [0.1, 0.15) is 24.2 Å². The van der Waals surface area contributed by atoms with Gasteiger partial charge in [0.1, 0.15) is 6.54 Å². The summed E-state index contributed by atoms with van der Waals surface area (Å²) in [7, 11) is 0. The predicted octanol–water partition coefficient (Wildman–Crippen LogP) is 3.19. The van der Waals surface area contributed by atoms with Gasteiger partial charge in [0.2, 0.25) is 5.91 Å². The number of rotatable bonds is 2. The normalized spacial score (nSPS) is 17.2. The van der Waals surface area contributed by atoms with Gasteiger partial charge in [-0.15, -0.1) is 0 Å². The van der Waals surface area contributed by atoms with E-state index < -0.39 is 6.09 Å². The van der Waals surface area contributed by atoms with Crippen molar-refractivity contribution >= 4 is 46.1 Å². The lowest BCUT2D eigenvalue weighted by molar-refractivity contribution is -0.132. The SMILES string of the molecule is C[C@@H]1c2c([nH]c3c(Cl)c(Cl)ccc23)CCN1C(=O)CNC(=O)O. The Kier molecular flexibility index (Phi) is 4.12. The van der Waals surface area contributed by atoms with Crippen molar-refractivity contribution in [2.24, 2.45) is 0 Å². The van der Waals surface area contributed by atoms with Gasteiger partial charge < -0.3 is 20.3 Å². The minimum Gasteiger partial charge on any atom is -0.465 e. The van der Waals surface area contributed by atoms with Crippen molar-refractivity contribution in [3.63, 3.8) is 0 Å². The van der Waals surface area contributed by atoms with Crippen molar-refractivity contribution in [1.82, 2.24) is 15.2 Å². The Morgan fingerprint density at radius 2 is 2.17 bits per heavy atom. The smallest absolute Gasteiger partial charge is 0.405 e. The highest BCUT2D eigenvalue weighted by molar-refractivity contribution is 6.45. The van der Waals surface area contributed by atoms with E-state index in [1.54, 1.807) is 11.0 Å². The number of carboxylic acid groups (broad SMARTS) is 1. The summed E-state index contributed by atoms with van der Waals surface area (Å²) in [5.74, 6) is -0.250. The number of nitrogens with zero attached hydrogens (tertiary/aromatic N) is 1. The second-order valence-electron chi connectivity index (χ2n) is 5.47. The van der Waals surface area contributed by atoms with Crippen LogP contribution in [0.3, 0.4) is 0 Å². The fourth-order valence-corrected chi connectivity index (χ4v) is 3.50. The van der Waals surface area contributed by atoms with E-state index in [1.807, 2.05) is 13.0 Å². The third kappa shape index (κ3) is 2.72. The molecule has 1 atom stereocenters. The molecule has 1 aromatic carbocycles. The molecule has 3 N–H and O–H groups in total. The number of hydrogen-bond acceptors (Lipinski definition) is 2. The Balaban J connectivity index is 1.96. The Hall–Kier alpha value is -1.92. The van der Waals surface area contributed by atoms with Crippen LogP contribution in [0.5, 0.6) is 0 Å². The Morgan fingerprint density at radius 1 is 1.43 bits per heavy atom. The van der Waals surface area contributed by atoms with Gasteiger partial charge in [0.25, 0.3) is 0 Å². The summed E-state index contributed by atoms with van der Waals surface area (Å²) < 4.78 is 0. The average molecular weight is 356 g/mol. The number of amides is 2. The van der Waals surface area contributed by atoms with Gasteiger partial charge in [-0.25, -0.2) is 4.79 Å². The van der Waals surface area contributed by atoms with Gasteiger partial charge in [0.15, 0.2) is 0 Å². The maximum atomic E-state index is 12.2. The largest absolute Gasteiger partial charge is 0.465 e. The fraction of sp³-hybridized carbons (Fsp3) is 0.333. The highest BCUT2D eigenvalue weighted by Crippen LogP contribution is 2.39. The maximum Gasteiger partial charge on any atom is 0.405 e. The summed E-state index contributed by atoms with van der Waals surface area (Å²) >= 11 is 12.3. The maximum absolute atomic E-state index is 12.2. The quantitative estimate of drug-likeness (QED) is 0.773. The molecule has 0 aliphatic carbocycles. The summed E-state index contributed by atoms with van der Waals surface area (Å²) in [5, 5.41) is 12.6. The van der Waals surface area contributed by atoms with Crippen molar-refractivity contribution in [3.8, 4) is 0 Å². The van der Waals surface area contributed by atoms with Crippen molar-refractivity contribution < 1.29 is 14.7 Å². The molecule has 1 aliphatic rings. The predicted molar refractivity (Wildman–Crippen MR) is 88.2 cm³/mol. The number of carbonyl (C=O) groups is 2. The van der Waals surface area contributed by atoms with Gasteiger partial charge in [0.05, 0.1) is 21.6 Å². The summed E-state index contributed by atoms with van der Waals surface area (Å²) in [4.78, 5) is 27.8. The molecule has 122 valence electrons. The zero-order chi connectivity index (χ0) is 16.7. The molecule has 8 heteroatoms. The van der Waals surface area contributed by atoms with E-state index in [0.717, 1.165) is 22.2 Å². The van der Waals surface area contributed by atoms with E-state index >= 15 is 0 Å². The molecule has 2 amide bonds. The molecule has 23 heavy (non-hydrogen) atoms. The highest BCUT2D eigenvalue weighted by atomic mass is 35.5. The zero-order valence-corrected chi connectivity index (χ0v) is 13.8. The Labute approximate surface area is 142 Å². The number of H-pyrrole nitrogens is 1. The number of aromatic nitrogens is 1. The van der Waals surface area contributed by atoms with Gasteiger partial charge in [-0.3, -0.25) is 4.79 Å². The van der Waals surface area contributed by atoms with Crippen LogP contribution in [-0.4, -0.2) is 40.1 Å². The molecule has 1 aliphatic heterocycles. The molecule has 0 radical (unpaired) electrons. The van der Waals surface area contributed by atoms with Gasteiger partial charge in [-0.1, -0.05) is 29.3 Å². The molecule has 2 heterocycles. The molecule has 1 aromatic heterocycles. The number of fused-ring (bicyclic) bond motifs is 3. The minimum atomic E-state index is -1.21. The monoisotopic (exact) mass is 355 g/mol. The standard InChI is InChI=1S/C15H15Cl2N3O3/c1-7-12-8-2-3-9(16)13(17)14(8)19-10(12)4-5-20(7)11(21)6-18-15(22)23/h2-3,7,18-19H,4-6H2,1H3,(H,22,23)/t7-/m1/s1. The van der Waals surface area contributed by atoms with E-state index in [0.29, 0.717) is 23.0 Å². The molecular formula is C15H15Cl2N3O3. The summed E-state index contributed by atoms with van der Waals surface area (Å²) in [6.45, 7) is 2.21. The highest BCUT2D eigenvalue weighted by Gasteiger charge is 2.31. The van der Waals surface area contributed by atoms with Gasteiger partial charge in [-0.05, 0) is 13.0 Å². The number of halogens is 2. The number of hydrogen-bond donors (Lipinski definition) is 3. The van der Waals surface area contributed by atoms with Gasteiger partial charge in [0, 0.05) is 29.6 Å². The third-order valence-electron chi connectivity index (χ3n) is 4.19. The third-order valence-corrected chi connectivity index (χ3v) is 4.99. The van der Waals surface area contributed by atoms with Gasteiger partial charge >= 0.3 is 6.09 Å². The van der Waals surface area contributed by atoms with E-state index in [1.165, 1.54) is 0 Å². The van der Waals surface area contributed by atoms with Crippen molar-refractivity contribution in [2.75, 3.05) is 13.1 Å². The van der Waals surface area contributed by atoms with Crippen LogP contribution in [0.15, 0.2) is 12.1 Å². The first kappa shape index (κ1) is 16.0. The molecule has 0 fully saturated rings. The topological polar surface area (TPSA) is 85.4 Å². The van der Waals surface area contributed by atoms with Crippen LogP contribution in [0.4, 0.5) is 4.79 Å². The zero-order valence-electron chi connectivity index (χ0n) is 12.3. The Bertz CT molecular complexity index is 803.